The Labute approximate surface area is 70.8 Å². The molecule has 0 aliphatic carbocycles. The summed E-state index contributed by atoms with van der Waals surface area (Å²) in [6.07, 6.45) is 3.31. The van der Waals surface area contributed by atoms with E-state index in [1.807, 2.05) is 6.92 Å². The maximum atomic E-state index is 4.31. The van der Waals surface area contributed by atoms with E-state index in [1.165, 1.54) is 0 Å². The van der Waals surface area contributed by atoms with Crippen LogP contribution in [-0.2, 0) is 0 Å². The van der Waals surface area contributed by atoms with Gasteiger partial charge in [-0.05, 0) is 13.8 Å². The Kier molecular flexibility index (Phi) is 1.53. The van der Waals surface area contributed by atoms with Crippen molar-refractivity contribution in [3.8, 4) is 0 Å². The number of fused-ring (bicyclic) bond motifs is 1. The third-order valence-corrected chi connectivity index (χ3v) is 1.94. The van der Waals surface area contributed by atoms with Gasteiger partial charge in [0.15, 0.2) is 11.6 Å². The van der Waals surface area contributed by atoms with Gasteiger partial charge in [0, 0.05) is 18.1 Å². The Hall–Kier alpha value is -1.45. The molecule has 0 radical (unpaired) electrons. The molecule has 0 bridgehead atoms. The van der Waals surface area contributed by atoms with Gasteiger partial charge < -0.3 is 5.32 Å². The van der Waals surface area contributed by atoms with Crippen molar-refractivity contribution in [2.45, 2.75) is 19.9 Å². The summed E-state index contributed by atoms with van der Waals surface area (Å²) >= 11 is 0. The fraction of sp³-hybridized carbons (Fsp3) is 0.375. The van der Waals surface area contributed by atoms with Crippen LogP contribution in [0.5, 0.6) is 0 Å². The van der Waals surface area contributed by atoms with E-state index in [2.05, 4.69) is 27.2 Å². The molecule has 0 unspecified atom stereocenters. The first-order chi connectivity index (χ1) is 5.77. The molecule has 1 aromatic heterocycles. The van der Waals surface area contributed by atoms with Crippen LogP contribution in [0, 0.1) is 0 Å². The molecule has 2 rings (SSSR count). The number of nitrogens with zero attached hydrogens (tertiary/aromatic N) is 3. The maximum Gasteiger partial charge on any atom is 0.195 e. The van der Waals surface area contributed by atoms with Crippen LogP contribution in [0.3, 0.4) is 0 Å². The van der Waals surface area contributed by atoms with E-state index in [9.17, 15) is 0 Å². The topological polar surface area (TPSA) is 50.2 Å². The zero-order valence-corrected chi connectivity index (χ0v) is 7.07. The minimum absolute atomic E-state index is 0.259. The normalized spacial score (nSPS) is 20.8. The summed E-state index contributed by atoms with van der Waals surface area (Å²) in [5, 5.41) is 3.21. The minimum atomic E-state index is 0.259. The van der Waals surface area contributed by atoms with Gasteiger partial charge >= 0.3 is 0 Å². The molecule has 62 valence electrons. The van der Waals surface area contributed by atoms with Gasteiger partial charge in [-0.1, -0.05) is 0 Å². The lowest BCUT2D eigenvalue weighted by Crippen LogP contribution is -2.27. The van der Waals surface area contributed by atoms with Crippen molar-refractivity contribution >= 4 is 17.3 Å². The molecular formula is C8H10N4. The van der Waals surface area contributed by atoms with E-state index >= 15 is 0 Å². The first-order valence-electron chi connectivity index (χ1n) is 3.90. The first kappa shape index (κ1) is 7.21. The number of aromatic nitrogens is 2. The van der Waals surface area contributed by atoms with Crippen molar-refractivity contribution in [3.63, 3.8) is 0 Å². The lowest BCUT2D eigenvalue weighted by atomic mass is 10.2. The van der Waals surface area contributed by atoms with E-state index in [-0.39, 0.29) is 6.04 Å². The number of rotatable bonds is 0. The highest BCUT2D eigenvalue weighted by Gasteiger charge is 2.15. The van der Waals surface area contributed by atoms with Crippen LogP contribution in [0.1, 0.15) is 13.8 Å². The zero-order valence-electron chi connectivity index (χ0n) is 7.07. The second-order valence-corrected chi connectivity index (χ2v) is 2.85. The van der Waals surface area contributed by atoms with Gasteiger partial charge in [-0.25, -0.2) is 15.0 Å². The number of anilines is 1. The molecule has 0 saturated heterocycles. The molecule has 0 spiro atoms. The van der Waals surface area contributed by atoms with Crippen molar-refractivity contribution < 1.29 is 0 Å². The van der Waals surface area contributed by atoms with Crippen LogP contribution in [0.4, 0.5) is 11.6 Å². The van der Waals surface area contributed by atoms with Crippen LogP contribution in [-0.4, -0.2) is 21.7 Å². The smallest absolute Gasteiger partial charge is 0.195 e. The molecule has 1 N–H and O–H groups in total. The summed E-state index contributed by atoms with van der Waals surface area (Å²) in [7, 11) is 0. The average molecular weight is 162 g/mol. The molecule has 0 saturated carbocycles. The maximum absolute atomic E-state index is 4.31. The van der Waals surface area contributed by atoms with Gasteiger partial charge in [0.25, 0.3) is 0 Å². The summed E-state index contributed by atoms with van der Waals surface area (Å²) in [4.78, 5) is 12.5. The quantitative estimate of drug-likeness (QED) is 0.627. The molecule has 0 fully saturated rings. The summed E-state index contributed by atoms with van der Waals surface area (Å²) in [5.41, 5.74) is 1.04. The molecule has 1 aliphatic rings. The van der Waals surface area contributed by atoms with Gasteiger partial charge in [0.05, 0.1) is 6.04 Å². The molecule has 12 heavy (non-hydrogen) atoms. The predicted octanol–water partition coefficient (Wildman–Crippen LogP) is 1.38. The summed E-state index contributed by atoms with van der Waals surface area (Å²) in [5.74, 6) is 1.46. The lowest BCUT2D eigenvalue weighted by molar-refractivity contribution is 0.978. The Morgan fingerprint density at radius 2 is 2.08 bits per heavy atom. The minimum Gasteiger partial charge on any atom is -0.359 e. The third kappa shape index (κ3) is 1.05. The van der Waals surface area contributed by atoms with Gasteiger partial charge in [-0.2, -0.15) is 0 Å². The molecule has 1 aromatic rings. The van der Waals surface area contributed by atoms with Gasteiger partial charge in [0.2, 0.25) is 0 Å². The van der Waals surface area contributed by atoms with E-state index in [0.29, 0.717) is 5.82 Å². The van der Waals surface area contributed by atoms with E-state index in [4.69, 9.17) is 0 Å². The van der Waals surface area contributed by atoms with Crippen molar-refractivity contribution in [2.24, 2.45) is 4.99 Å². The second-order valence-electron chi connectivity index (χ2n) is 2.85. The predicted molar refractivity (Wildman–Crippen MR) is 47.9 cm³/mol. The van der Waals surface area contributed by atoms with Crippen molar-refractivity contribution in [1.82, 2.24) is 9.97 Å². The highest BCUT2D eigenvalue weighted by Crippen LogP contribution is 2.23. The largest absolute Gasteiger partial charge is 0.359 e. The zero-order chi connectivity index (χ0) is 8.55. The lowest BCUT2D eigenvalue weighted by Gasteiger charge is -2.19. The van der Waals surface area contributed by atoms with E-state index in [1.54, 1.807) is 12.4 Å². The SMILES string of the molecule is CC1=Nc2nccnc2N[C@H]1C. The fourth-order valence-corrected chi connectivity index (χ4v) is 1.09. The average Bonchev–Trinajstić information content (AvgIpc) is 2.07. The number of nitrogens with one attached hydrogen (secondary N) is 1. The number of hydrogen-bond donors (Lipinski definition) is 1. The number of hydrogen-bond acceptors (Lipinski definition) is 4. The van der Waals surface area contributed by atoms with Gasteiger partial charge in [-0.15, -0.1) is 0 Å². The van der Waals surface area contributed by atoms with Crippen molar-refractivity contribution in [2.75, 3.05) is 5.32 Å². The van der Waals surface area contributed by atoms with Crippen LogP contribution >= 0.6 is 0 Å². The van der Waals surface area contributed by atoms with E-state index < -0.39 is 0 Å². The second kappa shape index (κ2) is 2.55. The third-order valence-electron chi connectivity index (χ3n) is 1.94. The molecular weight excluding hydrogens is 152 g/mol. The fourth-order valence-electron chi connectivity index (χ4n) is 1.09. The summed E-state index contributed by atoms with van der Waals surface area (Å²) in [6, 6.07) is 0.259. The van der Waals surface area contributed by atoms with Crippen molar-refractivity contribution in [3.05, 3.63) is 12.4 Å². The Balaban J connectivity index is 2.49. The van der Waals surface area contributed by atoms with Gasteiger partial charge in [0.1, 0.15) is 0 Å². The van der Waals surface area contributed by atoms with Crippen LogP contribution in [0.15, 0.2) is 17.4 Å². The first-order valence-corrected chi connectivity index (χ1v) is 3.90. The van der Waals surface area contributed by atoms with Crippen LogP contribution in [0.25, 0.3) is 0 Å². The summed E-state index contributed by atoms with van der Waals surface area (Å²) in [6.45, 7) is 4.03. The molecule has 2 heterocycles. The molecule has 4 heteroatoms. The Morgan fingerprint density at radius 1 is 1.33 bits per heavy atom. The molecule has 0 amide bonds. The standard InChI is InChI=1S/C8H10N4/c1-5-6(2)12-8-7(11-5)9-3-4-10-8/h3-5H,1-2H3,(H,9,11)/t5-/m0/s1. The Morgan fingerprint density at radius 3 is 2.92 bits per heavy atom. The molecule has 4 nitrogen and oxygen atoms in total. The molecule has 1 aliphatic heterocycles. The van der Waals surface area contributed by atoms with Crippen LogP contribution in [0.2, 0.25) is 0 Å². The number of aliphatic imine (C=N–C) groups is 1. The van der Waals surface area contributed by atoms with Crippen molar-refractivity contribution in [1.29, 1.82) is 0 Å². The van der Waals surface area contributed by atoms with E-state index in [0.717, 1.165) is 11.5 Å². The monoisotopic (exact) mass is 162 g/mol. The molecule has 1 atom stereocenters. The Bertz CT molecular complexity index is 332. The van der Waals surface area contributed by atoms with Crippen LogP contribution < -0.4 is 5.32 Å². The highest BCUT2D eigenvalue weighted by molar-refractivity contribution is 5.94. The highest BCUT2D eigenvalue weighted by atomic mass is 15.1. The van der Waals surface area contributed by atoms with Gasteiger partial charge in [-0.3, -0.25) is 0 Å². The molecule has 0 aromatic carbocycles. The summed E-state index contributed by atoms with van der Waals surface area (Å²) < 4.78 is 0.